The Kier molecular flexibility index (Phi) is 3.21. The molecule has 0 aromatic heterocycles. The van der Waals surface area contributed by atoms with E-state index < -0.39 is 6.17 Å². The highest BCUT2D eigenvalue weighted by Gasteiger charge is 2.25. The molecule has 1 aliphatic rings. The fourth-order valence-electron chi connectivity index (χ4n) is 1.95. The van der Waals surface area contributed by atoms with E-state index in [4.69, 9.17) is 0 Å². The topological polar surface area (TPSA) is 15.3 Å². The van der Waals surface area contributed by atoms with E-state index in [1.165, 1.54) is 11.3 Å². The molecular formula is C12H17FN2. The van der Waals surface area contributed by atoms with E-state index in [-0.39, 0.29) is 0 Å². The number of rotatable bonds is 4. The molecule has 1 aliphatic heterocycles. The third-order valence-corrected chi connectivity index (χ3v) is 2.90. The van der Waals surface area contributed by atoms with Crippen molar-refractivity contribution in [2.45, 2.75) is 12.6 Å². The molecular weight excluding hydrogens is 191 g/mol. The van der Waals surface area contributed by atoms with Gasteiger partial charge in [-0.2, -0.15) is 0 Å². The Labute approximate surface area is 90.1 Å². The average Bonchev–Trinajstić information content (AvgIpc) is 2.23. The Balaban J connectivity index is 1.87. The van der Waals surface area contributed by atoms with E-state index in [0.717, 1.165) is 13.0 Å². The lowest BCUT2D eigenvalue weighted by Gasteiger charge is -2.34. The highest BCUT2D eigenvalue weighted by molar-refractivity contribution is 5.50. The molecule has 1 aromatic rings. The molecule has 0 bridgehead atoms. The summed E-state index contributed by atoms with van der Waals surface area (Å²) in [5.41, 5.74) is 2.48. The second-order valence-electron chi connectivity index (χ2n) is 4.01. The van der Waals surface area contributed by atoms with Gasteiger partial charge < -0.3 is 5.32 Å². The molecule has 1 fully saturated rings. The van der Waals surface area contributed by atoms with Gasteiger partial charge in [-0.15, -0.1) is 0 Å². The first-order valence-electron chi connectivity index (χ1n) is 5.41. The maximum atomic E-state index is 12.6. The molecule has 3 heteroatoms. The Morgan fingerprint density at radius 2 is 2.13 bits per heavy atom. The highest BCUT2D eigenvalue weighted by atomic mass is 19.1. The summed E-state index contributed by atoms with van der Waals surface area (Å²) >= 11 is 0. The van der Waals surface area contributed by atoms with Crippen LogP contribution in [0.3, 0.4) is 0 Å². The SMILES string of the molecule is CNc1ccccc1CCN1CC(F)C1. The van der Waals surface area contributed by atoms with Gasteiger partial charge in [0.05, 0.1) is 0 Å². The minimum Gasteiger partial charge on any atom is -0.388 e. The smallest absolute Gasteiger partial charge is 0.125 e. The summed E-state index contributed by atoms with van der Waals surface area (Å²) in [5.74, 6) is 0. The molecule has 15 heavy (non-hydrogen) atoms. The molecule has 0 unspecified atom stereocenters. The molecule has 0 aliphatic carbocycles. The van der Waals surface area contributed by atoms with Crippen molar-refractivity contribution in [1.29, 1.82) is 0 Å². The largest absolute Gasteiger partial charge is 0.388 e. The molecule has 1 saturated heterocycles. The first-order valence-corrected chi connectivity index (χ1v) is 5.41. The first kappa shape index (κ1) is 10.4. The Hall–Kier alpha value is -1.09. The van der Waals surface area contributed by atoms with Gasteiger partial charge >= 0.3 is 0 Å². The number of likely N-dealkylation sites (tertiary alicyclic amines) is 1. The average molecular weight is 208 g/mol. The molecule has 0 radical (unpaired) electrons. The van der Waals surface area contributed by atoms with Gasteiger partial charge in [-0.25, -0.2) is 4.39 Å². The lowest BCUT2D eigenvalue weighted by molar-refractivity contribution is 0.0671. The van der Waals surface area contributed by atoms with Crippen LogP contribution in [0, 0.1) is 0 Å². The molecule has 2 rings (SSSR count). The Morgan fingerprint density at radius 1 is 1.40 bits per heavy atom. The zero-order chi connectivity index (χ0) is 10.7. The van der Waals surface area contributed by atoms with Gasteiger partial charge in [0, 0.05) is 32.4 Å². The van der Waals surface area contributed by atoms with Crippen LogP contribution in [0.5, 0.6) is 0 Å². The number of para-hydroxylation sites is 1. The lowest BCUT2D eigenvalue weighted by atomic mass is 10.1. The predicted molar refractivity (Wildman–Crippen MR) is 61.0 cm³/mol. The van der Waals surface area contributed by atoms with Crippen LogP contribution in [0.2, 0.25) is 0 Å². The summed E-state index contributed by atoms with van der Waals surface area (Å²) in [6, 6.07) is 8.27. The lowest BCUT2D eigenvalue weighted by Crippen LogP contribution is -2.48. The van der Waals surface area contributed by atoms with Crippen LogP contribution >= 0.6 is 0 Å². The quantitative estimate of drug-likeness (QED) is 0.813. The zero-order valence-corrected chi connectivity index (χ0v) is 9.04. The number of nitrogens with zero attached hydrogens (tertiary/aromatic N) is 1. The minimum atomic E-state index is -0.593. The van der Waals surface area contributed by atoms with E-state index in [1.807, 2.05) is 19.2 Å². The van der Waals surface area contributed by atoms with Crippen LogP contribution in [0.1, 0.15) is 5.56 Å². The van der Waals surface area contributed by atoms with Crippen molar-refractivity contribution in [2.75, 3.05) is 32.0 Å². The summed E-state index contributed by atoms with van der Waals surface area (Å²) in [7, 11) is 1.93. The van der Waals surface area contributed by atoms with Crippen LogP contribution in [-0.4, -0.2) is 37.8 Å². The van der Waals surface area contributed by atoms with Crippen molar-refractivity contribution >= 4 is 5.69 Å². The third-order valence-electron chi connectivity index (χ3n) is 2.90. The van der Waals surface area contributed by atoms with E-state index in [0.29, 0.717) is 13.1 Å². The van der Waals surface area contributed by atoms with Crippen LogP contribution in [0.25, 0.3) is 0 Å². The maximum Gasteiger partial charge on any atom is 0.125 e. The number of alkyl halides is 1. The molecule has 82 valence electrons. The first-order chi connectivity index (χ1) is 7.29. The monoisotopic (exact) mass is 208 g/mol. The van der Waals surface area contributed by atoms with E-state index in [9.17, 15) is 4.39 Å². The van der Waals surface area contributed by atoms with Crippen molar-refractivity contribution in [3.05, 3.63) is 29.8 Å². The third kappa shape index (κ3) is 2.48. The van der Waals surface area contributed by atoms with Crippen molar-refractivity contribution in [2.24, 2.45) is 0 Å². The van der Waals surface area contributed by atoms with Gasteiger partial charge in [0.25, 0.3) is 0 Å². The molecule has 0 amide bonds. The van der Waals surface area contributed by atoms with Crippen LogP contribution in [0.15, 0.2) is 24.3 Å². The second kappa shape index (κ2) is 4.62. The summed E-state index contributed by atoms with van der Waals surface area (Å²) < 4.78 is 12.6. The number of benzene rings is 1. The number of hydrogen-bond donors (Lipinski definition) is 1. The van der Waals surface area contributed by atoms with Crippen LogP contribution < -0.4 is 5.32 Å². The van der Waals surface area contributed by atoms with Crippen LogP contribution in [-0.2, 0) is 6.42 Å². The molecule has 1 N–H and O–H groups in total. The number of halogens is 1. The van der Waals surface area contributed by atoms with Gasteiger partial charge in [0.15, 0.2) is 0 Å². The molecule has 1 aromatic carbocycles. The predicted octanol–water partition coefficient (Wildman–Crippen LogP) is 1.92. The van der Waals surface area contributed by atoms with Gasteiger partial charge in [-0.05, 0) is 18.1 Å². The van der Waals surface area contributed by atoms with Gasteiger partial charge in [0.1, 0.15) is 6.17 Å². The second-order valence-corrected chi connectivity index (χ2v) is 4.01. The van der Waals surface area contributed by atoms with Crippen molar-refractivity contribution < 1.29 is 4.39 Å². The summed E-state index contributed by atoms with van der Waals surface area (Å²) in [4.78, 5) is 2.15. The summed E-state index contributed by atoms with van der Waals surface area (Å²) in [5, 5.41) is 3.17. The molecule has 0 atom stereocenters. The van der Waals surface area contributed by atoms with Crippen molar-refractivity contribution in [3.8, 4) is 0 Å². The Morgan fingerprint density at radius 3 is 2.80 bits per heavy atom. The minimum absolute atomic E-state index is 0.593. The highest BCUT2D eigenvalue weighted by Crippen LogP contribution is 2.17. The standard InChI is InChI=1S/C12H17FN2/c1-14-12-5-3-2-4-10(12)6-7-15-8-11(13)9-15/h2-5,11,14H,6-9H2,1H3. The fraction of sp³-hybridized carbons (Fsp3) is 0.500. The molecule has 1 heterocycles. The fourth-order valence-corrected chi connectivity index (χ4v) is 1.95. The van der Waals surface area contributed by atoms with Crippen LogP contribution in [0.4, 0.5) is 10.1 Å². The number of hydrogen-bond acceptors (Lipinski definition) is 2. The molecule has 2 nitrogen and oxygen atoms in total. The molecule has 0 saturated carbocycles. The summed E-state index contributed by atoms with van der Waals surface area (Å²) in [6.45, 7) is 2.18. The summed E-state index contributed by atoms with van der Waals surface area (Å²) in [6.07, 6.45) is 0.397. The normalized spacial score (nSPS) is 17.5. The number of anilines is 1. The van der Waals surface area contributed by atoms with Gasteiger partial charge in [0.2, 0.25) is 0 Å². The molecule has 0 spiro atoms. The maximum absolute atomic E-state index is 12.6. The number of nitrogens with one attached hydrogen (secondary N) is 1. The van der Waals surface area contributed by atoms with E-state index >= 15 is 0 Å². The van der Waals surface area contributed by atoms with E-state index in [1.54, 1.807) is 0 Å². The van der Waals surface area contributed by atoms with Gasteiger partial charge in [-0.1, -0.05) is 18.2 Å². The van der Waals surface area contributed by atoms with Crippen molar-refractivity contribution in [1.82, 2.24) is 4.90 Å². The van der Waals surface area contributed by atoms with E-state index in [2.05, 4.69) is 22.3 Å². The van der Waals surface area contributed by atoms with Gasteiger partial charge in [-0.3, -0.25) is 4.90 Å². The Bertz CT molecular complexity index is 321. The zero-order valence-electron chi connectivity index (χ0n) is 9.04. The van der Waals surface area contributed by atoms with Crippen molar-refractivity contribution in [3.63, 3.8) is 0 Å².